The molecule has 1 unspecified atom stereocenters. The molecule has 1 aromatic rings. The molecule has 2 amide bonds. The predicted octanol–water partition coefficient (Wildman–Crippen LogP) is 2.54. The molecule has 1 aromatic carbocycles. The third-order valence-corrected chi connectivity index (χ3v) is 3.50. The van der Waals surface area contributed by atoms with Crippen molar-refractivity contribution < 1.29 is 19.1 Å². The number of benzene rings is 1. The molecule has 5 nitrogen and oxygen atoms in total. The highest BCUT2D eigenvalue weighted by Gasteiger charge is 2.33. The lowest BCUT2D eigenvalue weighted by atomic mass is 10.1. The molecule has 1 saturated carbocycles. The molecule has 2 rings (SSSR count). The molecule has 0 saturated heterocycles. The van der Waals surface area contributed by atoms with Crippen LogP contribution in [0.25, 0.3) is 0 Å². The lowest BCUT2D eigenvalue weighted by Crippen LogP contribution is -2.43. The fraction of sp³-hybridized carbons (Fsp3) is 0.467. The molecule has 1 atom stereocenters. The van der Waals surface area contributed by atoms with E-state index >= 15 is 0 Å². The third kappa shape index (κ3) is 4.44. The van der Waals surface area contributed by atoms with Crippen LogP contribution in [0.5, 0.6) is 0 Å². The van der Waals surface area contributed by atoms with Crippen LogP contribution in [0.2, 0.25) is 0 Å². The third-order valence-electron chi connectivity index (χ3n) is 3.50. The number of carbonyl (C=O) groups excluding carboxylic acids is 1. The van der Waals surface area contributed by atoms with Crippen molar-refractivity contribution >= 4 is 12.0 Å². The van der Waals surface area contributed by atoms with Gasteiger partial charge < -0.3 is 15.3 Å². The Kier molecular flexibility index (Phi) is 4.77. The van der Waals surface area contributed by atoms with Crippen LogP contribution in [-0.4, -0.2) is 34.6 Å². The SMILES string of the molecule is CC(NC(=O)N(CCC(=O)O)C1CC1)c1cccc(F)c1. The number of halogens is 1. The first-order valence-corrected chi connectivity index (χ1v) is 7.01. The van der Waals surface area contributed by atoms with Crippen molar-refractivity contribution in [2.24, 2.45) is 0 Å². The van der Waals surface area contributed by atoms with E-state index in [0.717, 1.165) is 12.8 Å². The molecule has 1 aliphatic carbocycles. The van der Waals surface area contributed by atoms with Gasteiger partial charge >= 0.3 is 12.0 Å². The number of hydrogen-bond acceptors (Lipinski definition) is 2. The number of amides is 2. The second-order valence-corrected chi connectivity index (χ2v) is 5.29. The van der Waals surface area contributed by atoms with Gasteiger partial charge in [0.05, 0.1) is 12.5 Å². The Morgan fingerprint density at radius 3 is 2.76 bits per heavy atom. The minimum absolute atomic E-state index is 0.0712. The summed E-state index contributed by atoms with van der Waals surface area (Å²) in [6, 6.07) is 5.56. The summed E-state index contributed by atoms with van der Waals surface area (Å²) in [5.41, 5.74) is 0.678. The summed E-state index contributed by atoms with van der Waals surface area (Å²) < 4.78 is 13.2. The fourth-order valence-electron chi connectivity index (χ4n) is 2.18. The molecular formula is C15H19FN2O3. The number of urea groups is 1. The molecule has 0 spiro atoms. The molecule has 0 aromatic heterocycles. The van der Waals surface area contributed by atoms with Gasteiger partial charge in [0, 0.05) is 12.6 Å². The zero-order chi connectivity index (χ0) is 15.4. The van der Waals surface area contributed by atoms with Gasteiger partial charge in [0.2, 0.25) is 0 Å². The summed E-state index contributed by atoms with van der Waals surface area (Å²) in [6.45, 7) is 1.97. The Bertz CT molecular complexity index is 531. The Labute approximate surface area is 122 Å². The second kappa shape index (κ2) is 6.56. The molecule has 2 N–H and O–H groups in total. The summed E-state index contributed by atoms with van der Waals surface area (Å²) in [6.07, 6.45) is 1.74. The van der Waals surface area contributed by atoms with Gasteiger partial charge in [-0.2, -0.15) is 0 Å². The molecule has 0 bridgehead atoms. The van der Waals surface area contributed by atoms with Crippen LogP contribution in [0.4, 0.5) is 9.18 Å². The topological polar surface area (TPSA) is 69.6 Å². The maximum atomic E-state index is 13.2. The van der Waals surface area contributed by atoms with Gasteiger partial charge in [0.15, 0.2) is 0 Å². The van der Waals surface area contributed by atoms with Gasteiger partial charge in [-0.3, -0.25) is 4.79 Å². The van der Waals surface area contributed by atoms with Gasteiger partial charge in [-0.15, -0.1) is 0 Å². The van der Waals surface area contributed by atoms with E-state index in [1.54, 1.807) is 24.0 Å². The Morgan fingerprint density at radius 2 is 2.19 bits per heavy atom. The summed E-state index contributed by atoms with van der Waals surface area (Å²) in [7, 11) is 0. The van der Waals surface area contributed by atoms with E-state index in [2.05, 4.69) is 5.32 Å². The van der Waals surface area contributed by atoms with Crippen LogP contribution >= 0.6 is 0 Å². The van der Waals surface area contributed by atoms with E-state index in [9.17, 15) is 14.0 Å². The van der Waals surface area contributed by atoms with E-state index in [-0.39, 0.29) is 36.9 Å². The predicted molar refractivity (Wildman–Crippen MR) is 75.3 cm³/mol. The van der Waals surface area contributed by atoms with Gasteiger partial charge in [-0.1, -0.05) is 12.1 Å². The minimum Gasteiger partial charge on any atom is -0.481 e. The normalized spacial score (nSPS) is 15.3. The summed E-state index contributed by atoms with van der Waals surface area (Å²) in [5.74, 6) is -1.27. The highest BCUT2D eigenvalue weighted by Crippen LogP contribution is 2.27. The average Bonchev–Trinajstić information content (AvgIpc) is 3.23. The minimum atomic E-state index is -0.924. The van der Waals surface area contributed by atoms with E-state index in [1.165, 1.54) is 12.1 Å². The lowest BCUT2D eigenvalue weighted by Gasteiger charge is -2.24. The molecule has 21 heavy (non-hydrogen) atoms. The van der Waals surface area contributed by atoms with Crippen molar-refractivity contribution in [3.63, 3.8) is 0 Å². The standard InChI is InChI=1S/C15H19FN2O3/c1-10(11-3-2-4-12(16)9-11)17-15(21)18(13-5-6-13)8-7-14(19)20/h2-4,9-10,13H,5-8H2,1H3,(H,17,21)(H,19,20). The highest BCUT2D eigenvalue weighted by molar-refractivity contribution is 5.76. The smallest absolute Gasteiger partial charge is 0.318 e. The Balaban J connectivity index is 1.96. The molecule has 0 radical (unpaired) electrons. The first kappa shape index (κ1) is 15.3. The lowest BCUT2D eigenvalue weighted by molar-refractivity contribution is -0.137. The first-order chi connectivity index (χ1) is 9.97. The summed E-state index contributed by atoms with van der Waals surface area (Å²) in [4.78, 5) is 24.4. The number of nitrogens with one attached hydrogen (secondary N) is 1. The summed E-state index contributed by atoms with van der Waals surface area (Å²) in [5, 5.41) is 11.5. The fourth-order valence-corrected chi connectivity index (χ4v) is 2.18. The monoisotopic (exact) mass is 294 g/mol. The zero-order valence-electron chi connectivity index (χ0n) is 11.9. The number of carbonyl (C=O) groups is 2. The average molecular weight is 294 g/mol. The van der Waals surface area contributed by atoms with Gasteiger partial charge in [0.1, 0.15) is 5.82 Å². The number of nitrogens with zero attached hydrogens (tertiary/aromatic N) is 1. The molecule has 1 aliphatic rings. The van der Waals surface area contributed by atoms with Gasteiger partial charge in [-0.25, -0.2) is 9.18 Å². The number of carboxylic acid groups (broad SMARTS) is 1. The van der Waals surface area contributed by atoms with E-state index in [1.807, 2.05) is 0 Å². The Morgan fingerprint density at radius 1 is 1.48 bits per heavy atom. The van der Waals surface area contributed by atoms with Crippen LogP contribution in [0, 0.1) is 5.82 Å². The molecule has 0 aliphatic heterocycles. The Hall–Kier alpha value is -2.11. The molecule has 6 heteroatoms. The molecule has 0 heterocycles. The van der Waals surface area contributed by atoms with Crippen molar-refractivity contribution in [1.82, 2.24) is 10.2 Å². The molecular weight excluding hydrogens is 275 g/mol. The molecule has 1 fully saturated rings. The number of aliphatic carboxylic acids is 1. The van der Waals surface area contributed by atoms with Crippen molar-refractivity contribution in [3.8, 4) is 0 Å². The molecule has 114 valence electrons. The number of carboxylic acids is 1. The van der Waals surface area contributed by atoms with E-state index in [0.29, 0.717) is 5.56 Å². The van der Waals surface area contributed by atoms with Crippen molar-refractivity contribution in [2.45, 2.75) is 38.3 Å². The van der Waals surface area contributed by atoms with Gasteiger partial charge in [-0.05, 0) is 37.5 Å². The first-order valence-electron chi connectivity index (χ1n) is 7.01. The maximum absolute atomic E-state index is 13.2. The van der Waals surface area contributed by atoms with Crippen LogP contribution < -0.4 is 5.32 Å². The van der Waals surface area contributed by atoms with Crippen LogP contribution in [0.1, 0.15) is 37.8 Å². The van der Waals surface area contributed by atoms with Crippen molar-refractivity contribution in [3.05, 3.63) is 35.6 Å². The summed E-state index contributed by atoms with van der Waals surface area (Å²) >= 11 is 0. The van der Waals surface area contributed by atoms with Crippen molar-refractivity contribution in [2.75, 3.05) is 6.54 Å². The zero-order valence-corrected chi connectivity index (χ0v) is 11.9. The van der Waals surface area contributed by atoms with Crippen molar-refractivity contribution in [1.29, 1.82) is 0 Å². The quantitative estimate of drug-likeness (QED) is 0.847. The number of rotatable bonds is 6. The van der Waals surface area contributed by atoms with Crippen LogP contribution in [-0.2, 0) is 4.79 Å². The highest BCUT2D eigenvalue weighted by atomic mass is 19.1. The van der Waals surface area contributed by atoms with Gasteiger partial charge in [0.25, 0.3) is 0 Å². The van der Waals surface area contributed by atoms with Crippen LogP contribution in [0.15, 0.2) is 24.3 Å². The van der Waals surface area contributed by atoms with E-state index in [4.69, 9.17) is 5.11 Å². The largest absolute Gasteiger partial charge is 0.481 e. The van der Waals surface area contributed by atoms with E-state index < -0.39 is 5.97 Å². The van der Waals surface area contributed by atoms with Crippen LogP contribution in [0.3, 0.4) is 0 Å². The maximum Gasteiger partial charge on any atom is 0.318 e. The second-order valence-electron chi connectivity index (χ2n) is 5.29. The number of hydrogen-bond donors (Lipinski definition) is 2.